The molecule has 3 N–H and O–H groups in total. The number of carbonyl (C=O) groups is 1. The van der Waals surface area contributed by atoms with E-state index in [0.29, 0.717) is 6.42 Å². The van der Waals surface area contributed by atoms with Gasteiger partial charge in [-0.1, -0.05) is 20.8 Å². The Bertz CT molecular complexity index is 195. The molecule has 0 heterocycles. The second-order valence-electron chi connectivity index (χ2n) is 4.13. The third-order valence-corrected chi connectivity index (χ3v) is 3.11. The maximum atomic E-state index is 11.0. The first-order valence-electron chi connectivity index (χ1n) is 6.62. The number of amides is 1. The van der Waals surface area contributed by atoms with Gasteiger partial charge in [-0.25, -0.2) is 5.84 Å². The summed E-state index contributed by atoms with van der Waals surface area (Å²) in [6.07, 6.45) is 1.63. The van der Waals surface area contributed by atoms with E-state index in [1.54, 1.807) is 0 Å². The van der Waals surface area contributed by atoms with Crippen LogP contribution >= 0.6 is 0 Å². The Kier molecular flexibility index (Phi) is 10.1. The molecule has 0 saturated heterocycles. The van der Waals surface area contributed by atoms with Crippen molar-refractivity contribution in [1.82, 2.24) is 15.2 Å². The average Bonchev–Trinajstić information content (AvgIpc) is 2.37. The van der Waals surface area contributed by atoms with Gasteiger partial charge in [0.15, 0.2) is 0 Å². The lowest BCUT2D eigenvalue weighted by Gasteiger charge is -2.23. The monoisotopic (exact) mass is 244 g/mol. The van der Waals surface area contributed by atoms with Crippen molar-refractivity contribution in [2.75, 3.05) is 39.3 Å². The summed E-state index contributed by atoms with van der Waals surface area (Å²) in [5.74, 6) is 4.96. The summed E-state index contributed by atoms with van der Waals surface area (Å²) in [6.45, 7) is 12.7. The second-order valence-corrected chi connectivity index (χ2v) is 4.13. The van der Waals surface area contributed by atoms with E-state index < -0.39 is 0 Å². The summed E-state index contributed by atoms with van der Waals surface area (Å²) in [5.41, 5.74) is 2.16. The molecule has 0 bridgehead atoms. The molecule has 0 fully saturated rings. The number of nitrogens with one attached hydrogen (secondary N) is 1. The Labute approximate surface area is 105 Å². The van der Waals surface area contributed by atoms with Crippen molar-refractivity contribution in [3.05, 3.63) is 0 Å². The van der Waals surface area contributed by atoms with Crippen LogP contribution < -0.4 is 11.3 Å². The van der Waals surface area contributed by atoms with Crippen molar-refractivity contribution in [1.29, 1.82) is 0 Å². The van der Waals surface area contributed by atoms with Gasteiger partial charge in [0.2, 0.25) is 5.91 Å². The fourth-order valence-corrected chi connectivity index (χ4v) is 1.82. The van der Waals surface area contributed by atoms with Gasteiger partial charge < -0.3 is 9.80 Å². The highest BCUT2D eigenvalue weighted by molar-refractivity contribution is 5.75. The molecule has 0 unspecified atom stereocenters. The molecule has 17 heavy (non-hydrogen) atoms. The molecule has 1 amide bonds. The molecular formula is C12H28N4O. The molecule has 0 rings (SSSR count). The third kappa shape index (κ3) is 8.12. The molecular weight excluding hydrogens is 216 g/mol. The van der Waals surface area contributed by atoms with Gasteiger partial charge in [0.25, 0.3) is 0 Å². The van der Waals surface area contributed by atoms with E-state index in [0.717, 1.165) is 45.7 Å². The summed E-state index contributed by atoms with van der Waals surface area (Å²) in [6, 6.07) is 0. The lowest BCUT2D eigenvalue weighted by Crippen LogP contribution is -2.35. The van der Waals surface area contributed by atoms with Crippen LogP contribution in [0.15, 0.2) is 0 Å². The molecule has 0 saturated carbocycles. The van der Waals surface area contributed by atoms with Crippen LogP contribution in [0.1, 0.15) is 33.6 Å². The first-order valence-corrected chi connectivity index (χ1v) is 6.62. The van der Waals surface area contributed by atoms with E-state index >= 15 is 0 Å². The highest BCUT2D eigenvalue weighted by Gasteiger charge is 2.06. The van der Waals surface area contributed by atoms with E-state index in [-0.39, 0.29) is 5.91 Å². The zero-order valence-electron chi connectivity index (χ0n) is 11.5. The van der Waals surface area contributed by atoms with E-state index in [1.165, 1.54) is 0 Å². The molecule has 5 heteroatoms. The van der Waals surface area contributed by atoms with Crippen molar-refractivity contribution >= 4 is 5.91 Å². The molecule has 0 aromatic heterocycles. The van der Waals surface area contributed by atoms with E-state index in [4.69, 9.17) is 5.84 Å². The molecule has 0 aliphatic carbocycles. The molecule has 0 aromatic rings. The molecule has 0 aromatic carbocycles. The summed E-state index contributed by atoms with van der Waals surface area (Å²) in [4.78, 5) is 15.7. The van der Waals surface area contributed by atoms with Gasteiger partial charge in [-0.15, -0.1) is 0 Å². The molecule has 5 nitrogen and oxygen atoms in total. The smallest absolute Gasteiger partial charge is 0.235 e. The number of hydrogen-bond acceptors (Lipinski definition) is 4. The van der Waals surface area contributed by atoms with Crippen molar-refractivity contribution in [3.63, 3.8) is 0 Å². The Morgan fingerprint density at radius 1 is 1.00 bits per heavy atom. The molecule has 0 radical (unpaired) electrons. The quantitative estimate of drug-likeness (QED) is 0.332. The Morgan fingerprint density at radius 3 is 2.00 bits per heavy atom. The lowest BCUT2D eigenvalue weighted by molar-refractivity contribution is -0.121. The average molecular weight is 244 g/mol. The standard InChI is InChI=1S/C12H28N4O/c1-4-15(5-2)9-7-10-16(6-3)11-8-12(17)14-13/h4-11,13H2,1-3H3,(H,14,17). The Morgan fingerprint density at radius 2 is 1.53 bits per heavy atom. The van der Waals surface area contributed by atoms with Crippen molar-refractivity contribution < 1.29 is 4.79 Å². The fourth-order valence-electron chi connectivity index (χ4n) is 1.82. The van der Waals surface area contributed by atoms with E-state index in [1.807, 2.05) is 0 Å². The summed E-state index contributed by atoms with van der Waals surface area (Å²) in [7, 11) is 0. The summed E-state index contributed by atoms with van der Waals surface area (Å²) in [5, 5.41) is 0. The van der Waals surface area contributed by atoms with Crippen LogP contribution in [0.5, 0.6) is 0 Å². The minimum Gasteiger partial charge on any atom is -0.304 e. The molecule has 0 atom stereocenters. The summed E-state index contributed by atoms with van der Waals surface area (Å²) >= 11 is 0. The number of rotatable bonds is 10. The molecule has 102 valence electrons. The SMILES string of the molecule is CCN(CC)CCCN(CC)CCC(=O)NN. The van der Waals surface area contributed by atoms with Gasteiger partial charge in [0.1, 0.15) is 0 Å². The van der Waals surface area contributed by atoms with Crippen LogP contribution in [0.3, 0.4) is 0 Å². The van der Waals surface area contributed by atoms with Gasteiger partial charge in [-0.3, -0.25) is 10.2 Å². The predicted molar refractivity (Wildman–Crippen MR) is 71.5 cm³/mol. The van der Waals surface area contributed by atoms with Crippen LogP contribution in [0.25, 0.3) is 0 Å². The fraction of sp³-hybridized carbons (Fsp3) is 0.917. The summed E-state index contributed by atoms with van der Waals surface area (Å²) < 4.78 is 0. The van der Waals surface area contributed by atoms with Crippen LogP contribution in [0, 0.1) is 0 Å². The first-order chi connectivity index (χ1) is 8.17. The second kappa shape index (κ2) is 10.5. The minimum absolute atomic E-state index is 0.0906. The van der Waals surface area contributed by atoms with Crippen LogP contribution in [-0.4, -0.2) is 55.0 Å². The minimum atomic E-state index is -0.0906. The highest BCUT2D eigenvalue weighted by Crippen LogP contribution is 1.97. The van der Waals surface area contributed by atoms with E-state index in [2.05, 4.69) is 36.0 Å². The molecule has 0 aliphatic rings. The Balaban J connectivity index is 3.70. The highest BCUT2D eigenvalue weighted by atomic mass is 16.2. The van der Waals surface area contributed by atoms with Crippen LogP contribution in [0.2, 0.25) is 0 Å². The van der Waals surface area contributed by atoms with Gasteiger partial charge in [-0.2, -0.15) is 0 Å². The largest absolute Gasteiger partial charge is 0.304 e. The van der Waals surface area contributed by atoms with Gasteiger partial charge in [0, 0.05) is 13.0 Å². The predicted octanol–water partition coefficient (Wildman–Crippen LogP) is 0.420. The van der Waals surface area contributed by atoms with Gasteiger partial charge >= 0.3 is 0 Å². The number of hydrogen-bond donors (Lipinski definition) is 2. The maximum absolute atomic E-state index is 11.0. The zero-order valence-corrected chi connectivity index (χ0v) is 11.5. The lowest BCUT2D eigenvalue weighted by atomic mass is 10.3. The molecule has 0 aliphatic heterocycles. The third-order valence-electron chi connectivity index (χ3n) is 3.11. The first kappa shape index (κ1) is 16.4. The van der Waals surface area contributed by atoms with E-state index in [9.17, 15) is 4.79 Å². The zero-order chi connectivity index (χ0) is 13.1. The van der Waals surface area contributed by atoms with Crippen LogP contribution in [0.4, 0.5) is 0 Å². The van der Waals surface area contributed by atoms with Gasteiger partial charge in [0.05, 0.1) is 0 Å². The van der Waals surface area contributed by atoms with Crippen LogP contribution in [-0.2, 0) is 4.79 Å². The Hall–Kier alpha value is -0.650. The van der Waals surface area contributed by atoms with Gasteiger partial charge in [-0.05, 0) is 39.1 Å². The van der Waals surface area contributed by atoms with Crippen molar-refractivity contribution in [2.24, 2.45) is 5.84 Å². The number of nitrogens with two attached hydrogens (primary N) is 1. The topological polar surface area (TPSA) is 61.6 Å². The number of carbonyl (C=O) groups excluding carboxylic acids is 1. The number of nitrogens with zero attached hydrogens (tertiary/aromatic N) is 2. The molecule has 0 spiro atoms. The normalized spacial score (nSPS) is 11.2. The van der Waals surface area contributed by atoms with Crippen molar-refractivity contribution in [3.8, 4) is 0 Å². The maximum Gasteiger partial charge on any atom is 0.235 e. The number of hydrazine groups is 1. The van der Waals surface area contributed by atoms with Crippen molar-refractivity contribution in [2.45, 2.75) is 33.6 Å².